The van der Waals surface area contributed by atoms with Gasteiger partial charge >= 0.3 is 0 Å². The second-order valence-electron chi connectivity index (χ2n) is 9.88. The molecule has 0 heterocycles. The highest BCUT2D eigenvalue weighted by Gasteiger charge is 2.19. The van der Waals surface area contributed by atoms with E-state index in [0.29, 0.717) is 6.61 Å². The van der Waals surface area contributed by atoms with Gasteiger partial charge in [-0.25, -0.2) is 0 Å². The van der Waals surface area contributed by atoms with E-state index < -0.39 is 0 Å². The third-order valence-corrected chi connectivity index (χ3v) is 6.74. The first-order chi connectivity index (χ1) is 14.2. The standard InChI is InChI=1S/C27H58NO.HI/c1-4-6-8-10-12-14-16-18-20-22-24-28(3,26-27-29)25-23-21-19-17-15-13-11-9-7-5-2;/h29H,4-27H2,1-3H3;1H/q+1;/p-1. The lowest BCUT2D eigenvalue weighted by Gasteiger charge is -2.34. The molecule has 0 atom stereocenters. The van der Waals surface area contributed by atoms with Gasteiger partial charge in [0.05, 0.1) is 26.7 Å². The smallest absolute Gasteiger partial charge is 0.102 e. The quantitative estimate of drug-likeness (QED) is 0.101. The molecule has 0 aromatic heterocycles. The van der Waals surface area contributed by atoms with Crippen molar-refractivity contribution in [2.24, 2.45) is 0 Å². The van der Waals surface area contributed by atoms with Crippen molar-refractivity contribution in [1.82, 2.24) is 0 Å². The van der Waals surface area contributed by atoms with E-state index in [-0.39, 0.29) is 24.0 Å². The van der Waals surface area contributed by atoms with Gasteiger partial charge < -0.3 is 33.6 Å². The van der Waals surface area contributed by atoms with E-state index in [9.17, 15) is 5.11 Å². The van der Waals surface area contributed by atoms with E-state index in [1.54, 1.807) is 0 Å². The lowest BCUT2D eigenvalue weighted by atomic mass is 10.1. The van der Waals surface area contributed by atoms with Crippen molar-refractivity contribution >= 4 is 0 Å². The van der Waals surface area contributed by atoms with Gasteiger partial charge in [-0.2, -0.15) is 0 Å². The minimum absolute atomic E-state index is 0. The summed E-state index contributed by atoms with van der Waals surface area (Å²) in [6.07, 6.45) is 28.2. The van der Waals surface area contributed by atoms with Crippen LogP contribution in [0.15, 0.2) is 0 Å². The highest BCUT2D eigenvalue weighted by molar-refractivity contribution is 4.51. The van der Waals surface area contributed by atoms with Gasteiger partial charge in [0, 0.05) is 0 Å². The summed E-state index contributed by atoms with van der Waals surface area (Å²) in [4.78, 5) is 0. The summed E-state index contributed by atoms with van der Waals surface area (Å²) < 4.78 is 1.09. The lowest BCUT2D eigenvalue weighted by Crippen LogP contribution is -3.00. The molecule has 30 heavy (non-hydrogen) atoms. The van der Waals surface area contributed by atoms with Crippen LogP contribution in [-0.4, -0.2) is 42.9 Å². The summed E-state index contributed by atoms with van der Waals surface area (Å²) in [6, 6.07) is 0. The summed E-state index contributed by atoms with van der Waals surface area (Å²) in [5.41, 5.74) is 0. The molecule has 1 N–H and O–H groups in total. The van der Waals surface area contributed by atoms with Crippen LogP contribution in [0.25, 0.3) is 0 Å². The number of rotatable bonds is 24. The molecule has 0 saturated carbocycles. The van der Waals surface area contributed by atoms with Crippen molar-refractivity contribution in [2.45, 2.75) is 142 Å². The number of likely N-dealkylation sites (N-methyl/N-ethyl adjacent to an activating group) is 1. The van der Waals surface area contributed by atoms with Crippen LogP contribution in [0.2, 0.25) is 0 Å². The molecule has 0 bridgehead atoms. The molecule has 0 spiro atoms. The number of halogens is 1. The molecule has 3 heteroatoms. The molecule has 0 aromatic rings. The Kier molecular flexibility index (Phi) is 28.3. The maximum absolute atomic E-state index is 9.51. The summed E-state index contributed by atoms with van der Waals surface area (Å²) in [5, 5.41) is 9.51. The minimum Gasteiger partial charge on any atom is -1.00 e. The third-order valence-electron chi connectivity index (χ3n) is 6.74. The van der Waals surface area contributed by atoms with Crippen LogP contribution < -0.4 is 24.0 Å². The Balaban J connectivity index is 0. The van der Waals surface area contributed by atoms with Crippen molar-refractivity contribution in [3.63, 3.8) is 0 Å². The predicted molar refractivity (Wildman–Crippen MR) is 132 cm³/mol. The summed E-state index contributed by atoms with van der Waals surface area (Å²) in [7, 11) is 2.37. The van der Waals surface area contributed by atoms with Gasteiger partial charge in [-0.05, 0) is 25.7 Å². The SMILES string of the molecule is CCCCCCCCCCCC[N+](C)(CCO)CCCCCCCCCCCC.[I-]. The average molecular weight is 540 g/mol. The first kappa shape index (κ1) is 32.8. The lowest BCUT2D eigenvalue weighted by molar-refractivity contribution is -0.910. The second kappa shape index (κ2) is 25.9. The largest absolute Gasteiger partial charge is 1.00 e. The summed E-state index contributed by atoms with van der Waals surface area (Å²) >= 11 is 0. The van der Waals surface area contributed by atoms with Gasteiger partial charge in [-0.3, -0.25) is 0 Å². The number of aliphatic hydroxyl groups excluding tert-OH is 1. The van der Waals surface area contributed by atoms with Crippen LogP contribution in [-0.2, 0) is 0 Å². The van der Waals surface area contributed by atoms with Crippen LogP contribution in [0.4, 0.5) is 0 Å². The van der Waals surface area contributed by atoms with Crippen LogP contribution in [0.3, 0.4) is 0 Å². The molecule has 0 unspecified atom stereocenters. The van der Waals surface area contributed by atoms with E-state index >= 15 is 0 Å². The number of unbranched alkanes of at least 4 members (excludes halogenated alkanes) is 18. The van der Waals surface area contributed by atoms with Crippen LogP contribution in [0.5, 0.6) is 0 Å². The molecular weight excluding hydrogens is 481 g/mol. The minimum atomic E-state index is 0. The second-order valence-corrected chi connectivity index (χ2v) is 9.88. The highest BCUT2D eigenvalue weighted by Crippen LogP contribution is 2.15. The number of quaternary nitrogens is 1. The maximum atomic E-state index is 9.51. The van der Waals surface area contributed by atoms with E-state index in [1.165, 1.54) is 142 Å². The van der Waals surface area contributed by atoms with Gasteiger partial charge in [0.15, 0.2) is 0 Å². The van der Waals surface area contributed by atoms with Crippen LogP contribution in [0, 0.1) is 0 Å². The Morgan fingerprint density at radius 2 is 0.700 bits per heavy atom. The van der Waals surface area contributed by atoms with Crippen molar-refractivity contribution in [2.75, 3.05) is 33.3 Å². The number of hydrogen-bond acceptors (Lipinski definition) is 1. The maximum Gasteiger partial charge on any atom is 0.102 e. The third kappa shape index (κ3) is 23.3. The average Bonchev–Trinajstić information content (AvgIpc) is 2.71. The molecule has 0 fully saturated rings. The fraction of sp³-hybridized carbons (Fsp3) is 1.00. The van der Waals surface area contributed by atoms with Crippen molar-refractivity contribution < 1.29 is 33.6 Å². The Labute approximate surface area is 208 Å². The molecule has 0 saturated heterocycles. The zero-order valence-electron chi connectivity index (χ0n) is 21.2. The van der Waals surface area contributed by atoms with Crippen LogP contribution in [0.1, 0.15) is 142 Å². The molecule has 0 rings (SSSR count). The fourth-order valence-corrected chi connectivity index (χ4v) is 4.54. The van der Waals surface area contributed by atoms with E-state index in [2.05, 4.69) is 20.9 Å². The van der Waals surface area contributed by atoms with Crippen molar-refractivity contribution in [1.29, 1.82) is 0 Å². The molecule has 0 aliphatic heterocycles. The van der Waals surface area contributed by atoms with Gasteiger partial charge in [-0.15, -0.1) is 0 Å². The normalized spacial score (nSPS) is 11.6. The van der Waals surface area contributed by atoms with Crippen molar-refractivity contribution in [3.8, 4) is 0 Å². The Bertz CT molecular complexity index is 287. The Morgan fingerprint density at radius 1 is 0.433 bits per heavy atom. The van der Waals surface area contributed by atoms with Crippen molar-refractivity contribution in [3.05, 3.63) is 0 Å². The Hall–Kier alpha value is 0.650. The molecule has 0 aliphatic carbocycles. The molecule has 0 radical (unpaired) electrons. The fourth-order valence-electron chi connectivity index (χ4n) is 4.54. The number of aliphatic hydroxyl groups is 1. The van der Waals surface area contributed by atoms with Gasteiger partial charge in [0.2, 0.25) is 0 Å². The molecule has 0 aromatic carbocycles. The highest BCUT2D eigenvalue weighted by atomic mass is 127. The number of nitrogens with zero attached hydrogens (tertiary/aromatic N) is 1. The van der Waals surface area contributed by atoms with Gasteiger partial charge in [0.25, 0.3) is 0 Å². The van der Waals surface area contributed by atoms with Gasteiger partial charge in [0.1, 0.15) is 6.54 Å². The zero-order valence-corrected chi connectivity index (χ0v) is 23.4. The first-order valence-corrected chi connectivity index (χ1v) is 13.6. The molecule has 184 valence electrons. The molecule has 2 nitrogen and oxygen atoms in total. The first-order valence-electron chi connectivity index (χ1n) is 13.6. The summed E-state index contributed by atoms with van der Waals surface area (Å²) in [5.74, 6) is 0. The van der Waals surface area contributed by atoms with E-state index in [4.69, 9.17) is 0 Å². The predicted octanol–water partition coefficient (Wildman–Crippen LogP) is 5.27. The monoisotopic (exact) mass is 539 g/mol. The number of hydrogen-bond donors (Lipinski definition) is 1. The topological polar surface area (TPSA) is 20.2 Å². The van der Waals surface area contributed by atoms with E-state index in [1.807, 2.05) is 0 Å². The van der Waals surface area contributed by atoms with Gasteiger partial charge in [-0.1, -0.05) is 117 Å². The summed E-state index contributed by atoms with van der Waals surface area (Å²) in [6.45, 7) is 8.38. The zero-order chi connectivity index (χ0) is 21.5. The Morgan fingerprint density at radius 3 is 0.967 bits per heavy atom. The molecule has 0 aliphatic rings. The van der Waals surface area contributed by atoms with Crippen LogP contribution >= 0.6 is 0 Å². The molecule has 0 amide bonds. The molecular formula is C27H58INO. The van der Waals surface area contributed by atoms with E-state index in [0.717, 1.165) is 11.0 Å².